The summed E-state index contributed by atoms with van der Waals surface area (Å²) >= 11 is 11.9. The number of hydrogen-bond acceptors (Lipinski definition) is 7. The Labute approximate surface area is 167 Å². The van der Waals surface area contributed by atoms with Crippen molar-refractivity contribution in [1.82, 2.24) is 0 Å². The molecular weight excluding hydrogens is 411 g/mol. The van der Waals surface area contributed by atoms with Crippen LogP contribution in [0.1, 0.15) is 5.76 Å². The van der Waals surface area contributed by atoms with Crippen LogP contribution in [-0.2, 0) is 0 Å². The van der Waals surface area contributed by atoms with Crippen LogP contribution in [0.4, 0.5) is 17.1 Å². The van der Waals surface area contributed by atoms with Crippen LogP contribution < -0.4 is 5.43 Å². The molecule has 0 aliphatic carbocycles. The van der Waals surface area contributed by atoms with Gasteiger partial charge in [0.2, 0.25) is 0 Å². The number of nitro groups is 2. The molecule has 28 heavy (non-hydrogen) atoms. The van der Waals surface area contributed by atoms with Crippen LogP contribution >= 0.6 is 23.2 Å². The van der Waals surface area contributed by atoms with Crippen molar-refractivity contribution in [2.24, 2.45) is 5.10 Å². The van der Waals surface area contributed by atoms with Crippen molar-refractivity contribution in [1.29, 1.82) is 0 Å². The van der Waals surface area contributed by atoms with Gasteiger partial charge >= 0.3 is 5.69 Å². The minimum atomic E-state index is -0.736. The smallest absolute Gasteiger partial charge is 0.301 e. The van der Waals surface area contributed by atoms with Crippen LogP contribution in [0.5, 0.6) is 0 Å². The maximum atomic E-state index is 11.1. The number of halogens is 2. The van der Waals surface area contributed by atoms with Crippen molar-refractivity contribution in [3.8, 4) is 11.3 Å². The second-order valence-corrected chi connectivity index (χ2v) is 6.23. The van der Waals surface area contributed by atoms with E-state index in [4.69, 9.17) is 27.6 Å². The summed E-state index contributed by atoms with van der Waals surface area (Å²) in [6.07, 6.45) is 1.31. The fourth-order valence-corrected chi connectivity index (χ4v) is 2.57. The van der Waals surface area contributed by atoms with E-state index in [-0.39, 0.29) is 5.69 Å². The molecule has 0 radical (unpaired) electrons. The van der Waals surface area contributed by atoms with E-state index in [1.54, 1.807) is 30.3 Å². The van der Waals surface area contributed by atoms with Crippen molar-refractivity contribution >= 4 is 46.5 Å². The molecule has 3 rings (SSSR count). The van der Waals surface area contributed by atoms with Crippen LogP contribution in [-0.4, -0.2) is 16.1 Å². The molecule has 0 atom stereocenters. The zero-order valence-corrected chi connectivity index (χ0v) is 15.3. The van der Waals surface area contributed by atoms with Gasteiger partial charge in [0.25, 0.3) is 5.69 Å². The lowest BCUT2D eigenvalue weighted by Crippen LogP contribution is -1.98. The fraction of sp³-hybridized carbons (Fsp3) is 0. The van der Waals surface area contributed by atoms with E-state index in [1.165, 1.54) is 12.3 Å². The number of rotatable bonds is 6. The first-order valence-corrected chi connectivity index (χ1v) is 8.38. The highest BCUT2D eigenvalue weighted by atomic mass is 35.5. The minimum absolute atomic E-state index is 0.00288. The summed E-state index contributed by atoms with van der Waals surface area (Å²) < 4.78 is 5.62. The molecule has 1 heterocycles. The van der Waals surface area contributed by atoms with E-state index >= 15 is 0 Å². The lowest BCUT2D eigenvalue weighted by atomic mass is 10.2. The molecule has 0 aliphatic heterocycles. The number of anilines is 1. The molecule has 0 bridgehead atoms. The lowest BCUT2D eigenvalue weighted by molar-refractivity contribution is -0.393. The molecule has 0 amide bonds. The molecule has 3 aromatic rings. The molecule has 0 fully saturated rings. The van der Waals surface area contributed by atoms with E-state index in [2.05, 4.69) is 10.5 Å². The summed E-state index contributed by atoms with van der Waals surface area (Å²) in [5.74, 6) is 0.902. The number of nitrogens with one attached hydrogen (secondary N) is 1. The number of benzene rings is 2. The first kappa shape index (κ1) is 19.3. The summed E-state index contributed by atoms with van der Waals surface area (Å²) in [6.45, 7) is 0. The second kappa shape index (κ2) is 8.07. The lowest BCUT2D eigenvalue weighted by Gasteiger charge is -2.01. The topological polar surface area (TPSA) is 124 Å². The number of nitro benzene ring substituents is 2. The Morgan fingerprint density at radius 2 is 1.75 bits per heavy atom. The summed E-state index contributed by atoms with van der Waals surface area (Å²) in [5, 5.41) is 26.5. The molecule has 0 spiro atoms. The first-order chi connectivity index (χ1) is 13.3. The van der Waals surface area contributed by atoms with Gasteiger partial charge in [0.1, 0.15) is 17.2 Å². The molecule has 142 valence electrons. The van der Waals surface area contributed by atoms with Gasteiger partial charge in [0, 0.05) is 11.6 Å². The molecule has 11 heteroatoms. The molecule has 9 nitrogen and oxygen atoms in total. The molecule has 0 saturated heterocycles. The van der Waals surface area contributed by atoms with Gasteiger partial charge in [-0.1, -0.05) is 23.2 Å². The largest absolute Gasteiger partial charge is 0.455 e. The van der Waals surface area contributed by atoms with Gasteiger partial charge in [-0.3, -0.25) is 25.7 Å². The zero-order chi connectivity index (χ0) is 20.3. The molecule has 0 saturated carbocycles. The van der Waals surface area contributed by atoms with Crippen molar-refractivity contribution in [3.05, 3.63) is 84.6 Å². The number of furan rings is 1. The van der Waals surface area contributed by atoms with Gasteiger partial charge in [-0.2, -0.15) is 5.10 Å². The number of non-ortho nitro benzene ring substituents is 1. The van der Waals surface area contributed by atoms with Gasteiger partial charge in [0.15, 0.2) is 0 Å². The van der Waals surface area contributed by atoms with Gasteiger partial charge in [-0.15, -0.1) is 0 Å². The summed E-state index contributed by atoms with van der Waals surface area (Å²) in [6, 6.07) is 11.6. The third-order valence-corrected chi connectivity index (χ3v) is 4.34. The Bertz CT molecular complexity index is 1100. The van der Waals surface area contributed by atoms with Crippen LogP contribution in [0.2, 0.25) is 10.0 Å². The Balaban J connectivity index is 1.77. The highest BCUT2D eigenvalue weighted by Gasteiger charge is 2.19. The highest BCUT2D eigenvalue weighted by molar-refractivity contribution is 6.42. The number of nitrogens with zero attached hydrogens (tertiary/aromatic N) is 3. The highest BCUT2D eigenvalue weighted by Crippen LogP contribution is 2.30. The van der Waals surface area contributed by atoms with E-state index in [9.17, 15) is 20.2 Å². The average Bonchev–Trinajstić information content (AvgIpc) is 3.12. The predicted octanol–water partition coefficient (Wildman–Crippen LogP) is 5.52. The predicted molar refractivity (Wildman–Crippen MR) is 105 cm³/mol. The maximum absolute atomic E-state index is 11.1. The summed E-state index contributed by atoms with van der Waals surface area (Å²) in [7, 11) is 0. The zero-order valence-electron chi connectivity index (χ0n) is 13.8. The monoisotopic (exact) mass is 420 g/mol. The Hall–Kier alpha value is -3.43. The Morgan fingerprint density at radius 3 is 2.43 bits per heavy atom. The number of hydrogen-bond donors (Lipinski definition) is 1. The normalized spacial score (nSPS) is 10.9. The van der Waals surface area contributed by atoms with E-state index in [0.29, 0.717) is 27.1 Å². The van der Waals surface area contributed by atoms with Crippen molar-refractivity contribution in [2.45, 2.75) is 0 Å². The molecule has 0 aliphatic rings. The van der Waals surface area contributed by atoms with Gasteiger partial charge in [-0.25, -0.2) is 0 Å². The fourth-order valence-electron chi connectivity index (χ4n) is 2.27. The van der Waals surface area contributed by atoms with Gasteiger partial charge in [-0.05, 0) is 36.4 Å². The van der Waals surface area contributed by atoms with Crippen LogP contribution in [0.25, 0.3) is 11.3 Å². The second-order valence-electron chi connectivity index (χ2n) is 5.42. The Kier molecular flexibility index (Phi) is 5.57. The molecule has 2 aromatic carbocycles. The molecular formula is C17H10Cl2N4O5. The number of hydrazone groups is 1. The van der Waals surface area contributed by atoms with Gasteiger partial charge < -0.3 is 4.42 Å². The third-order valence-electron chi connectivity index (χ3n) is 3.60. The summed E-state index contributed by atoms with van der Waals surface area (Å²) in [4.78, 5) is 20.4. The first-order valence-electron chi connectivity index (χ1n) is 7.62. The maximum Gasteiger partial charge on any atom is 0.301 e. The summed E-state index contributed by atoms with van der Waals surface area (Å²) in [5.41, 5.74) is 2.34. The quantitative estimate of drug-likeness (QED) is 0.318. The van der Waals surface area contributed by atoms with E-state index < -0.39 is 21.2 Å². The van der Waals surface area contributed by atoms with E-state index in [0.717, 1.165) is 12.1 Å². The molecule has 0 unspecified atom stereocenters. The minimum Gasteiger partial charge on any atom is -0.455 e. The van der Waals surface area contributed by atoms with Crippen molar-refractivity contribution < 1.29 is 14.3 Å². The van der Waals surface area contributed by atoms with E-state index in [1.807, 2.05) is 0 Å². The van der Waals surface area contributed by atoms with Crippen molar-refractivity contribution in [2.75, 3.05) is 5.43 Å². The average molecular weight is 421 g/mol. The van der Waals surface area contributed by atoms with Crippen LogP contribution in [0.3, 0.4) is 0 Å². The van der Waals surface area contributed by atoms with Gasteiger partial charge in [0.05, 0.1) is 32.2 Å². The molecule has 1 aromatic heterocycles. The third kappa shape index (κ3) is 4.27. The SMILES string of the molecule is O=[N+]([O-])c1ccc(N/N=C/c2ccc(-c3ccc(Cl)c(Cl)c3)o2)c([N+](=O)[O-])c1. The van der Waals surface area contributed by atoms with Crippen molar-refractivity contribution in [3.63, 3.8) is 0 Å². The van der Waals surface area contributed by atoms with Crippen LogP contribution in [0, 0.1) is 20.2 Å². The molecule has 1 N–H and O–H groups in total. The standard InChI is InChI=1S/C17H10Cl2N4O5/c18-13-4-1-10(7-14(13)19)17-6-3-12(28-17)9-20-21-15-5-2-11(22(24)25)8-16(15)23(26)27/h1-9,21H/b20-9+. The van der Waals surface area contributed by atoms with Crippen LogP contribution in [0.15, 0.2) is 58.0 Å². The Morgan fingerprint density at radius 1 is 0.964 bits per heavy atom.